The number of nitrogens with zero attached hydrogens (tertiary/aromatic N) is 2. The van der Waals surface area contributed by atoms with Crippen molar-refractivity contribution in [2.75, 3.05) is 0 Å². The standard InChI is InChI=1S/C50H30N2OS/c1-3-12-31(13-4-1)33-16-11-17-38(30-33)46-49-47(41-19-8-10-21-44(41)54-49)52-50(51-46)42-27-26-39(48-45(42)40-18-7-9-20-43(40)53-48)37-25-24-35-28-34(22-23-36(35)29-37)32-14-5-2-6-15-32/h1-30H. The Morgan fingerprint density at radius 2 is 1.04 bits per heavy atom. The lowest BCUT2D eigenvalue weighted by Crippen LogP contribution is -1.95. The van der Waals surface area contributed by atoms with Crippen LogP contribution in [0.2, 0.25) is 0 Å². The quantitative estimate of drug-likeness (QED) is 0.179. The predicted molar refractivity (Wildman–Crippen MR) is 227 cm³/mol. The van der Waals surface area contributed by atoms with Gasteiger partial charge < -0.3 is 4.42 Å². The van der Waals surface area contributed by atoms with E-state index in [9.17, 15) is 0 Å². The molecule has 11 rings (SSSR count). The maximum atomic E-state index is 6.76. The van der Waals surface area contributed by atoms with Crippen molar-refractivity contribution in [1.29, 1.82) is 0 Å². The molecule has 0 N–H and O–H groups in total. The third kappa shape index (κ3) is 5.03. The van der Waals surface area contributed by atoms with Crippen molar-refractivity contribution in [3.63, 3.8) is 0 Å². The summed E-state index contributed by atoms with van der Waals surface area (Å²) in [5.74, 6) is 0.682. The van der Waals surface area contributed by atoms with E-state index in [2.05, 4.69) is 170 Å². The zero-order valence-corrected chi connectivity index (χ0v) is 29.8. The molecule has 0 aliphatic heterocycles. The molecule has 11 aromatic rings. The monoisotopic (exact) mass is 706 g/mol. The lowest BCUT2D eigenvalue weighted by atomic mass is 9.95. The minimum absolute atomic E-state index is 0.682. The van der Waals surface area contributed by atoms with Gasteiger partial charge in [0.15, 0.2) is 5.82 Å². The molecule has 0 aliphatic rings. The first-order chi connectivity index (χ1) is 26.7. The number of thiophene rings is 1. The molecule has 0 aliphatic carbocycles. The van der Waals surface area contributed by atoms with Crippen molar-refractivity contribution in [3.05, 3.63) is 182 Å². The van der Waals surface area contributed by atoms with E-state index in [1.54, 1.807) is 11.3 Å². The fraction of sp³-hybridized carbons (Fsp3) is 0. The molecule has 0 atom stereocenters. The molecular weight excluding hydrogens is 677 g/mol. The molecule has 4 heteroatoms. The summed E-state index contributed by atoms with van der Waals surface area (Å²) < 4.78 is 9.04. The number of hydrogen-bond acceptors (Lipinski definition) is 4. The Morgan fingerprint density at radius 3 is 1.83 bits per heavy atom. The SMILES string of the molecule is c1ccc(-c2cccc(-c3nc(-c4ccc(-c5ccc6cc(-c7ccccc7)ccc6c5)c5oc6ccccc6c45)nc4c3sc3ccccc34)c2)cc1. The normalized spacial score (nSPS) is 11.7. The van der Waals surface area contributed by atoms with Crippen molar-refractivity contribution in [1.82, 2.24) is 9.97 Å². The summed E-state index contributed by atoms with van der Waals surface area (Å²) >= 11 is 1.75. The Kier molecular flexibility index (Phi) is 7.04. The molecule has 8 aromatic carbocycles. The van der Waals surface area contributed by atoms with Crippen LogP contribution in [0, 0.1) is 0 Å². The maximum Gasteiger partial charge on any atom is 0.161 e. The van der Waals surface area contributed by atoms with Crippen LogP contribution in [0.25, 0.3) is 109 Å². The number of aromatic nitrogens is 2. The van der Waals surface area contributed by atoms with E-state index in [1.807, 2.05) is 12.1 Å². The molecule has 0 unspecified atom stereocenters. The second kappa shape index (κ2) is 12.4. The number of benzene rings is 8. The molecule has 0 bridgehead atoms. The van der Waals surface area contributed by atoms with Gasteiger partial charge in [0.1, 0.15) is 11.2 Å². The van der Waals surface area contributed by atoms with Gasteiger partial charge in [-0.15, -0.1) is 11.3 Å². The third-order valence-electron chi connectivity index (χ3n) is 10.5. The van der Waals surface area contributed by atoms with Crippen LogP contribution in [0.5, 0.6) is 0 Å². The van der Waals surface area contributed by atoms with E-state index in [0.29, 0.717) is 5.82 Å². The lowest BCUT2D eigenvalue weighted by molar-refractivity contribution is 0.670. The fourth-order valence-electron chi connectivity index (χ4n) is 7.85. The van der Waals surface area contributed by atoms with Gasteiger partial charge in [0.2, 0.25) is 0 Å². The summed E-state index contributed by atoms with van der Waals surface area (Å²) in [5.41, 5.74) is 12.5. The van der Waals surface area contributed by atoms with E-state index >= 15 is 0 Å². The number of rotatable bonds is 5. The van der Waals surface area contributed by atoms with Crippen LogP contribution >= 0.6 is 11.3 Å². The summed E-state index contributed by atoms with van der Waals surface area (Å²) in [4.78, 5) is 10.8. The first-order valence-corrected chi connectivity index (χ1v) is 19.0. The van der Waals surface area contributed by atoms with Gasteiger partial charge in [0.25, 0.3) is 0 Å². The van der Waals surface area contributed by atoms with E-state index < -0.39 is 0 Å². The Labute approximate surface area is 315 Å². The molecule has 0 saturated heterocycles. The highest BCUT2D eigenvalue weighted by Crippen LogP contribution is 2.44. The van der Waals surface area contributed by atoms with Gasteiger partial charge in [-0.2, -0.15) is 0 Å². The van der Waals surface area contributed by atoms with Gasteiger partial charge in [-0.05, 0) is 81.1 Å². The highest BCUT2D eigenvalue weighted by Gasteiger charge is 2.22. The van der Waals surface area contributed by atoms with E-state index in [1.165, 1.54) is 32.2 Å². The van der Waals surface area contributed by atoms with Crippen molar-refractivity contribution in [2.24, 2.45) is 0 Å². The Bertz CT molecular complexity index is 3220. The summed E-state index contributed by atoms with van der Waals surface area (Å²) in [6, 6.07) is 64.3. The van der Waals surface area contributed by atoms with Crippen LogP contribution in [0.4, 0.5) is 0 Å². The summed E-state index contributed by atoms with van der Waals surface area (Å²) in [7, 11) is 0. The van der Waals surface area contributed by atoms with Crippen LogP contribution in [-0.2, 0) is 0 Å². The lowest BCUT2D eigenvalue weighted by Gasteiger charge is -2.11. The molecule has 0 amide bonds. The Balaban J connectivity index is 1.12. The van der Waals surface area contributed by atoms with Crippen molar-refractivity contribution >= 4 is 64.4 Å². The third-order valence-corrected chi connectivity index (χ3v) is 11.7. The first-order valence-electron chi connectivity index (χ1n) is 18.1. The van der Waals surface area contributed by atoms with Crippen LogP contribution in [-0.4, -0.2) is 9.97 Å². The van der Waals surface area contributed by atoms with Crippen LogP contribution in [0.15, 0.2) is 186 Å². The molecule has 3 aromatic heterocycles. The molecule has 0 spiro atoms. The average molecular weight is 707 g/mol. The van der Waals surface area contributed by atoms with E-state index in [0.717, 1.165) is 71.1 Å². The predicted octanol–water partition coefficient (Wildman–Crippen LogP) is 14.2. The number of hydrogen-bond donors (Lipinski definition) is 0. The van der Waals surface area contributed by atoms with Gasteiger partial charge in [-0.3, -0.25) is 0 Å². The average Bonchev–Trinajstić information content (AvgIpc) is 3.83. The summed E-state index contributed by atoms with van der Waals surface area (Å²) in [6.45, 7) is 0. The largest absolute Gasteiger partial charge is 0.455 e. The Morgan fingerprint density at radius 1 is 0.426 bits per heavy atom. The minimum Gasteiger partial charge on any atom is -0.455 e. The van der Waals surface area contributed by atoms with Crippen LogP contribution in [0.3, 0.4) is 0 Å². The molecule has 54 heavy (non-hydrogen) atoms. The fourth-order valence-corrected chi connectivity index (χ4v) is 9.00. The van der Waals surface area contributed by atoms with Crippen LogP contribution < -0.4 is 0 Å². The van der Waals surface area contributed by atoms with Crippen LogP contribution in [0.1, 0.15) is 0 Å². The van der Waals surface area contributed by atoms with Crippen molar-refractivity contribution in [2.45, 2.75) is 0 Å². The molecule has 0 fully saturated rings. The van der Waals surface area contributed by atoms with Gasteiger partial charge >= 0.3 is 0 Å². The van der Waals surface area contributed by atoms with Gasteiger partial charge in [0, 0.05) is 37.5 Å². The highest BCUT2D eigenvalue weighted by atomic mass is 32.1. The van der Waals surface area contributed by atoms with Gasteiger partial charge in [0.05, 0.1) is 15.9 Å². The molecular formula is C50H30N2OS. The van der Waals surface area contributed by atoms with E-state index in [-0.39, 0.29) is 0 Å². The van der Waals surface area contributed by atoms with Crippen molar-refractivity contribution in [3.8, 4) is 56.0 Å². The summed E-state index contributed by atoms with van der Waals surface area (Å²) in [5, 5.41) is 5.58. The molecule has 252 valence electrons. The number of furan rings is 1. The highest BCUT2D eigenvalue weighted by molar-refractivity contribution is 7.26. The van der Waals surface area contributed by atoms with E-state index in [4.69, 9.17) is 14.4 Å². The van der Waals surface area contributed by atoms with Crippen molar-refractivity contribution < 1.29 is 4.42 Å². The summed E-state index contributed by atoms with van der Waals surface area (Å²) in [6.07, 6.45) is 0. The second-order valence-electron chi connectivity index (χ2n) is 13.7. The zero-order chi connectivity index (χ0) is 35.6. The smallest absolute Gasteiger partial charge is 0.161 e. The second-order valence-corrected chi connectivity index (χ2v) is 14.8. The molecule has 3 nitrogen and oxygen atoms in total. The van der Waals surface area contributed by atoms with Gasteiger partial charge in [-0.1, -0.05) is 140 Å². The number of para-hydroxylation sites is 1. The Hall–Kier alpha value is -6.88. The minimum atomic E-state index is 0.682. The molecule has 0 radical (unpaired) electrons. The zero-order valence-electron chi connectivity index (χ0n) is 29.0. The maximum absolute atomic E-state index is 6.76. The molecule has 3 heterocycles. The van der Waals surface area contributed by atoms with Gasteiger partial charge in [-0.25, -0.2) is 9.97 Å². The topological polar surface area (TPSA) is 38.9 Å². The molecule has 0 saturated carbocycles. The first kappa shape index (κ1) is 30.7. The number of fused-ring (bicyclic) bond motifs is 7.